The van der Waals surface area contributed by atoms with E-state index in [1.807, 2.05) is 30.0 Å². The zero-order valence-electron chi connectivity index (χ0n) is 13.0. The third-order valence-corrected chi connectivity index (χ3v) is 3.83. The van der Waals surface area contributed by atoms with Crippen molar-refractivity contribution < 1.29 is 4.79 Å². The summed E-state index contributed by atoms with van der Waals surface area (Å²) in [7, 11) is 0. The summed E-state index contributed by atoms with van der Waals surface area (Å²) in [6.45, 7) is 7.89. The molecular weight excluding hydrogens is 248 g/mol. The third kappa shape index (κ3) is 5.33. The Balaban J connectivity index is 2.48. The van der Waals surface area contributed by atoms with Crippen LogP contribution in [0.25, 0.3) is 0 Å². The lowest BCUT2D eigenvalue weighted by molar-refractivity contribution is -0.133. The predicted octanol–water partition coefficient (Wildman–Crippen LogP) is 2.84. The van der Waals surface area contributed by atoms with Crippen LogP contribution in [0.15, 0.2) is 30.3 Å². The second-order valence-corrected chi connectivity index (χ2v) is 5.52. The summed E-state index contributed by atoms with van der Waals surface area (Å²) in [6, 6.07) is 9.80. The van der Waals surface area contributed by atoms with Gasteiger partial charge in [-0.2, -0.15) is 0 Å². The fraction of sp³-hybridized carbons (Fsp3) is 0.588. The lowest BCUT2D eigenvalue weighted by Crippen LogP contribution is -2.45. The highest BCUT2D eigenvalue weighted by atomic mass is 16.2. The first-order valence-electron chi connectivity index (χ1n) is 7.66. The van der Waals surface area contributed by atoms with Gasteiger partial charge in [0.05, 0.1) is 6.04 Å². The molecule has 0 aromatic heterocycles. The molecule has 3 nitrogen and oxygen atoms in total. The zero-order chi connectivity index (χ0) is 15.0. The fourth-order valence-corrected chi connectivity index (χ4v) is 2.21. The Kier molecular flexibility index (Phi) is 7.31. The molecule has 1 amide bonds. The standard InChI is InChI=1S/C17H28N2O/c1-4-14(3)13-19(5-2)17(20)16(18)12-11-15-9-7-6-8-10-15/h6-10,14,16H,4-5,11-13,18H2,1-3H3. The number of nitrogens with two attached hydrogens (primary N) is 1. The Bertz CT molecular complexity index is 391. The molecule has 2 N–H and O–H groups in total. The highest BCUT2D eigenvalue weighted by molar-refractivity contribution is 5.81. The minimum Gasteiger partial charge on any atom is -0.341 e. The summed E-state index contributed by atoms with van der Waals surface area (Å²) >= 11 is 0. The maximum absolute atomic E-state index is 12.3. The number of benzene rings is 1. The van der Waals surface area contributed by atoms with Crippen molar-refractivity contribution in [1.29, 1.82) is 0 Å². The Morgan fingerprint density at radius 2 is 1.90 bits per heavy atom. The lowest BCUT2D eigenvalue weighted by Gasteiger charge is -2.27. The van der Waals surface area contributed by atoms with Crippen LogP contribution in [-0.4, -0.2) is 29.9 Å². The second-order valence-electron chi connectivity index (χ2n) is 5.52. The van der Waals surface area contributed by atoms with E-state index in [1.54, 1.807) is 0 Å². The number of carbonyl (C=O) groups is 1. The molecule has 0 saturated carbocycles. The monoisotopic (exact) mass is 276 g/mol. The van der Waals surface area contributed by atoms with E-state index in [4.69, 9.17) is 5.73 Å². The predicted molar refractivity (Wildman–Crippen MR) is 84.4 cm³/mol. The van der Waals surface area contributed by atoms with Gasteiger partial charge in [-0.05, 0) is 31.2 Å². The topological polar surface area (TPSA) is 46.3 Å². The number of aryl methyl sites for hydroxylation is 1. The molecule has 0 heterocycles. The first kappa shape index (κ1) is 16.7. The van der Waals surface area contributed by atoms with Crippen LogP contribution in [0, 0.1) is 5.92 Å². The molecule has 3 heteroatoms. The van der Waals surface area contributed by atoms with E-state index in [9.17, 15) is 4.79 Å². The van der Waals surface area contributed by atoms with Gasteiger partial charge in [0.15, 0.2) is 0 Å². The van der Waals surface area contributed by atoms with Crippen molar-refractivity contribution in [3.05, 3.63) is 35.9 Å². The van der Waals surface area contributed by atoms with Gasteiger partial charge in [-0.3, -0.25) is 4.79 Å². The fourth-order valence-electron chi connectivity index (χ4n) is 2.21. The molecule has 0 aliphatic carbocycles. The van der Waals surface area contributed by atoms with E-state index in [0.717, 1.165) is 25.9 Å². The number of likely N-dealkylation sites (N-methyl/N-ethyl adjacent to an activating group) is 1. The van der Waals surface area contributed by atoms with Crippen molar-refractivity contribution >= 4 is 5.91 Å². The molecular formula is C17H28N2O. The number of hydrogen-bond donors (Lipinski definition) is 1. The van der Waals surface area contributed by atoms with Crippen molar-refractivity contribution in [2.45, 2.75) is 46.1 Å². The van der Waals surface area contributed by atoms with Gasteiger partial charge in [0.2, 0.25) is 5.91 Å². The number of carbonyl (C=O) groups excluding carboxylic acids is 1. The average Bonchev–Trinajstić information content (AvgIpc) is 2.50. The minimum absolute atomic E-state index is 0.0868. The molecule has 1 aromatic rings. The molecule has 20 heavy (non-hydrogen) atoms. The molecule has 1 aromatic carbocycles. The van der Waals surface area contributed by atoms with E-state index in [0.29, 0.717) is 12.3 Å². The van der Waals surface area contributed by atoms with Crippen LogP contribution in [0.5, 0.6) is 0 Å². The van der Waals surface area contributed by atoms with Gasteiger partial charge < -0.3 is 10.6 Å². The van der Waals surface area contributed by atoms with Crippen molar-refractivity contribution in [3.63, 3.8) is 0 Å². The Labute approximate surface area is 123 Å². The summed E-state index contributed by atoms with van der Waals surface area (Å²) in [5, 5.41) is 0. The summed E-state index contributed by atoms with van der Waals surface area (Å²) in [6.07, 6.45) is 2.65. The quantitative estimate of drug-likeness (QED) is 0.793. The molecule has 112 valence electrons. The molecule has 0 fully saturated rings. The molecule has 0 saturated heterocycles. The first-order valence-corrected chi connectivity index (χ1v) is 7.66. The van der Waals surface area contributed by atoms with Crippen molar-refractivity contribution in [2.24, 2.45) is 11.7 Å². The summed E-state index contributed by atoms with van der Waals surface area (Å²) in [5.41, 5.74) is 7.30. The van der Waals surface area contributed by atoms with Gasteiger partial charge in [-0.1, -0.05) is 50.6 Å². The second kappa shape index (κ2) is 8.75. The molecule has 1 rings (SSSR count). The Morgan fingerprint density at radius 3 is 2.45 bits per heavy atom. The first-order chi connectivity index (χ1) is 9.58. The SMILES string of the molecule is CCC(C)CN(CC)C(=O)C(N)CCc1ccccc1. The molecule has 2 unspecified atom stereocenters. The molecule has 0 radical (unpaired) electrons. The van der Waals surface area contributed by atoms with Gasteiger partial charge >= 0.3 is 0 Å². The maximum Gasteiger partial charge on any atom is 0.239 e. The molecule has 0 aliphatic rings. The van der Waals surface area contributed by atoms with Crippen LogP contribution in [0.4, 0.5) is 0 Å². The summed E-state index contributed by atoms with van der Waals surface area (Å²) in [5.74, 6) is 0.615. The Morgan fingerprint density at radius 1 is 1.25 bits per heavy atom. The normalized spacial score (nSPS) is 13.8. The summed E-state index contributed by atoms with van der Waals surface area (Å²) < 4.78 is 0. The van der Waals surface area contributed by atoms with E-state index < -0.39 is 0 Å². The van der Waals surface area contributed by atoms with E-state index in [-0.39, 0.29) is 11.9 Å². The maximum atomic E-state index is 12.3. The number of hydrogen-bond acceptors (Lipinski definition) is 2. The van der Waals surface area contributed by atoms with Crippen LogP contribution < -0.4 is 5.73 Å². The van der Waals surface area contributed by atoms with Gasteiger partial charge in [0.1, 0.15) is 0 Å². The molecule has 0 aliphatic heterocycles. The van der Waals surface area contributed by atoms with Crippen LogP contribution in [0.3, 0.4) is 0 Å². The molecule has 0 spiro atoms. The van der Waals surface area contributed by atoms with Gasteiger partial charge in [-0.25, -0.2) is 0 Å². The highest BCUT2D eigenvalue weighted by Crippen LogP contribution is 2.09. The van der Waals surface area contributed by atoms with Crippen LogP contribution in [0.1, 0.15) is 39.2 Å². The largest absolute Gasteiger partial charge is 0.341 e. The van der Waals surface area contributed by atoms with Gasteiger partial charge in [-0.15, -0.1) is 0 Å². The minimum atomic E-state index is -0.390. The highest BCUT2D eigenvalue weighted by Gasteiger charge is 2.20. The Hall–Kier alpha value is -1.35. The lowest BCUT2D eigenvalue weighted by atomic mass is 10.0. The number of rotatable bonds is 8. The van der Waals surface area contributed by atoms with Crippen LogP contribution >= 0.6 is 0 Å². The van der Waals surface area contributed by atoms with Gasteiger partial charge in [0, 0.05) is 13.1 Å². The van der Waals surface area contributed by atoms with E-state index in [1.165, 1.54) is 5.56 Å². The van der Waals surface area contributed by atoms with E-state index >= 15 is 0 Å². The molecule has 2 atom stereocenters. The molecule has 0 bridgehead atoms. The third-order valence-electron chi connectivity index (χ3n) is 3.83. The zero-order valence-corrected chi connectivity index (χ0v) is 13.0. The number of amides is 1. The average molecular weight is 276 g/mol. The summed E-state index contributed by atoms with van der Waals surface area (Å²) in [4.78, 5) is 14.2. The number of nitrogens with zero attached hydrogens (tertiary/aromatic N) is 1. The van der Waals surface area contributed by atoms with Gasteiger partial charge in [0.25, 0.3) is 0 Å². The van der Waals surface area contributed by atoms with Crippen molar-refractivity contribution in [3.8, 4) is 0 Å². The van der Waals surface area contributed by atoms with Crippen LogP contribution in [0.2, 0.25) is 0 Å². The van der Waals surface area contributed by atoms with Crippen molar-refractivity contribution in [1.82, 2.24) is 4.90 Å². The smallest absolute Gasteiger partial charge is 0.239 e. The van der Waals surface area contributed by atoms with Crippen molar-refractivity contribution in [2.75, 3.05) is 13.1 Å². The van der Waals surface area contributed by atoms with Crippen LogP contribution in [-0.2, 0) is 11.2 Å². The van der Waals surface area contributed by atoms with E-state index in [2.05, 4.69) is 26.0 Å².